The maximum absolute atomic E-state index is 14.0. The van der Waals surface area contributed by atoms with E-state index in [0.717, 1.165) is 6.92 Å². The van der Waals surface area contributed by atoms with Crippen LogP contribution in [-0.2, 0) is 0 Å². The van der Waals surface area contributed by atoms with Crippen molar-refractivity contribution in [3.63, 3.8) is 0 Å². The standard InChI is InChI=1S/C16H10F15NS/c1-7(8-5-3-2-4-6-8)32-9(33)10(17,18)11(19,20)12(21,22)13(23,24)14(25,26)15(27,28)16(29,30)31/h2-7H,1H3,(H,32,33)/t7-/m1/s1. The number of rotatable bonds is 8. The van der Waals surface area contributed by atoms with Crippen molar-refractivity contribution in [1.82, 2.24) is 5.32 Å². The highest BCUT2D eigenvalue weighted by molar-refractivity contribution is 7.80. The zero-order chi connectivity index (χ0) is 26.5. The fourth-order valence-corrected chi connectivity index (χ4v) is 2.53. The van der Waals surface area contributed by atoms with E-state index in [-0.39, 0.29) is 5.56 Å². The average molecular weight is 533 g/mol. The minimum Gasteiger partial charge on any atom is -0.368 e. The van der Waals surface area contributed by atoms with Crippen LogP contribution in [0.3, 0.4) is 0 Å². The van der Waals surface area contributed by atoms with Crippen molar-refractivity contribution in [2.75, 3.05) is 0 Å². The van der Waals surface area contributed by atoms with Gasteiger partial charge in [-0.2, -0.15) is 65.9 Å². The van der Waals surface area contributed by atoms with Crippen molar-refractivity contribution in [2.24, 2.45) is 0 Å². The maximum atomic E-state index is 14.0. The van der Waals surface area contributed by atoms with Gasteiger partial charge in [-0.25, -0.2) is 0 Å². The molecule has 17 heteroatoms. The van der Waals surface area contributed by atoms with Crippen molar-refractivity contribution in [3.8, 4) is 0 Å². The molecule has 190 valence electrons. The second kappa shape index (κ2) is 8.37. The number of hydrogen-bond acceptors (Lipinski definition) is 1. The van der Waals surface area contributed by atoms with E-state index in [9.17, 15) is 65.9 Å². The smallest absolute Gasteiger partial charge is 0.368 e. The summed E-state index contributed by atoms with van der Waals surface area (Å²) in [5.41, 5.74) is 0.00686. The summed E-state index contributed by atoms with van der Waals surface area (Å²) < 4.78 is 198. The Bertz CT molecular complexity index is 847. The molecule has 33 heavy (non-hydrogen) atoms. The van der Waals surface area contributed by atoms with Gasteiger partial charge >= 0.3 is 41.7 Å². The summed E-state index contributed by atoms with van der Waals surface area (Å²) in [6, 6.07) is 4.86. The number of alkyl halides is 15. The van der Waals surface area contributed by atoms with Gasteiger partial charge < -0.3 is 5.32 Å². The van der Waals surface area contributed by atoms with Crippen LogP contribution in [0.5, 0.6) is 0 Å². The van der Waals surface area contributed by atoms with Crippen LogP contribution >= 0.6 is 12.2 Å². The summed E-state index contributed by atoms with van der Waals surface area (Å²) in [7, 11) is 0. The highest BCUT2D eigenvalue weighted by atomic mass is 32.1. The van der Waals surface area contributed by atoms with Crippen LogP contribution in [-0.4, -0.2) is 46.7 Å². The fourth-order valence-electron chi connectivity index (χ4n) is 2.22. The SMILES string of the molecule is C[C@@H](NC(=S)C(F)(F)C(F)(F)C(F)(F)C(F)(F)C(F)(F)C(F)(F)C(F)(F)F)c1ccccc1. The molecule has 0 fully saturated rings. The first-order chi connectivity index (χ1) is 14.4. The molecular formula is C16H10F15NS. The highest BCUT2D eigenvalue weighted by Crippen LogP contribution is 2.62. The third-order valence-electron chi connectivity index (χ3n) is 4.26. The molecular weight excluding hydrogens is 523 g/mol. The molecule has 0 aliphatic rings. The Morgan fingerprint density at radius 1 is 0.636 bits per heavy atom. The zero-order valence-electron chi connectivity index (χ0n) is 15.5. The van der Waals surface area contributed by atoms with Crippen LogP contribution in [0.1, 0.15) is 18.5 Å². The monoisotopic (exact) mass is 533 g/mol. The Morgan fingerprint density at radius 3 is 1.39 bits per heavy atom. The van der Waals surface area contributed by atoms with Crippen LogP contribution in [0, 0.1) is 0 Å². The summed E-state index contributed by atoms with van der Waals surface area (Å²) in [5.74, 6) is -47.1. The van der Waals surface area contributed by atoms with Crippen molar-refractivity contribution < 1.29 is 65.9 Å². The average Bonchev–Trinajstić information content (AvgIpc) is 2.66. The first kappa shape index (κ1) is 29.1. The van der Waals surface area contributed by atoms with Crippen molar-refractivity contribution in [3.05, 3.63) is 35.9 Å². The Balaban J connectivity index is 3.43. The van der Waals surface area contributed by atoms with Gasteiger partial charge in [-0.1, -0.05) is 42.5 Å². The van der Waals surface area contributed by atoms with Gasteiger partial charge in [0.15, 0.2) is 4.99 Å². The summed E-state index contributed by atoms with van der Waals surface area (Å²) in [6.45, 7) is 0.945. The Kier molecular flexibility index (Phi) is 7.38. The van der Waals surface area contributed by atoms with Crippen LogP contribution in [0.25, 0.3) is 0 Å². The van der Waals surface area contributed by atoms with E-state index < -0.39 is 52.7 Å². The van der Waals surface area contributed by atoms with Crippen LogP contribution in [0.2, 0.25) is 0 Å². The molecule has 1 aromatic carbocycles. The van der Waals surface area contributed by atoms with Crippen LogP contribution < -0.4 is 5.32 Å². The van der Waals surface area contributed by atoms with Crippen molar-refractivity contribution >= 4 is 17.2 Å². The summed E-state index contributed by atoms with van der Waals surface area (Å²) in [4.78, 5) is -2.61. The van der Waals surface area contributed by atoms with E-state index in [2.05, 4.69) is 12.2 Å². The molecule has 0 saturated heterocycles. The Morgan fingerprint density at radius 2 is 1.00 bits per heavy atom. The minimum absolute atomic E-state index is 0.00686. The fraction of sp³-hybridized carbons (Fsp3) is 0.562. The Hall–Kier alpha value is -1.94. The molecule has 0 radical (unpaired) electrons. The van der Waals surface area contributed by atoms with Gasteiger partial charge in [-0.3, -0.25) is 0 Å². The topological polar surface area (TPSA) is 12.0 Å². The first-order valence-corrected chi connectivity index (χ1v) is 8.51. The van der Waals surface area contributed by atoms with E-state index in [1.165, 1.54) is 35.6 Å². The predicted molar refractivity (Wildman–Crippen MR) is 86.3 cm³/mol. The molecule has 0 spiro atoms. The number of hydrogen-bond donors (Lipinski definition) is 1. The van der Waals surface area contributed by atoms with Crippen molar-refractivity contribution in [2.45, 2.75) is 54.7 Å². The van der Waals surface area contributed by atoms with E-state index in [0.29, 0.717) is 0 Å². The molecule has 1 rings (SSSR count). The Labute approximate surface area is 179 Å². The van der Waals surface area contributed by atoms with Gasteiger partial charge in [-0.05, 0) is 12.5 Å². The molecule has 1 aromatic rings. The predicted octanol–water partition coefficient (Wildman–Crippen LogP) is 7.04. The molecule has 0 bridgehead atoms. The van der Waals surface area contributed by atoms with Crippen LogP contribution in [0.15, 0.2) is 30.3 Å². The summed E-state index contributed by atoms with van der Waals surface area (Å²) in [6.07, 6.45) is -7.64. The number of benzene rings is 1. The van der Waals surface area contributed by atoms with Gasteiger partial charge in [0.2, 0.25) is 0 Å². The lowest BCUT2D eigenvalue weighted by molar-refractivity contribution is -0.448. The zero-order valence-corrected chi connectivity index (χ0v) is 16.4. The van der Waals surface area contributed by atoms with Gasteiger partial charge in [0.05, 0.1) is 0 Å². The van der Waals surface area contributed by atoms with E-state index >= 15 is 0 Å². The minimum atomic E-state index is -8.34. The largest absolute Gasteiger partial charge is 0.460 e. The number of nitrogens with one attached hydrogen (secondary N) is 1. The first-order valence-electron chi connectivity index (χ1n) is 8.10. The molecule has 0 amide bonds. The third-order valence-corrected chi connectivity index (χ3v) is 4.63. The highest BCUT2D eigenvalue weighted by Gasteiger charge is 2.93. The molecule has 0 aromatic heterocycles. The molecule has 1 N–H and O–H groups in total. The van der Waals surface area contributed by atoms with Gasteiger partial charge in [0.1, 0.15) is 0 Å². The molecule has 0 aliphatic heterocycles. The molecule has 0 unspecified atom stereocenters. The lowest BCUT2D eigenvalue weighted by atomic mass is 9.91. The summed E-state index contributed by atoms with van der Waals surface area (Å²) in [5, 5.41) is 1.37. The second-order valence-electron chi connectivity index (χ2n) is 6.55. The van der Waals surface area contributed by atoms with Gasteiger partial charge in [0, 0.05) is 6.04 Å². The lowest BCUT2D eigenvalue weighted by Gasteiger charge is -2.41. The van der Waals surface area contributed by atoms with E-state index in [4.69, 9.17) is 0 Å². The van der Waals surface area contributed by atoms with Crippen molar-refractivity contribution in [1.29, 1.82) is 0 Å². The normalized spacial score (nSPS) is 15.9. The summed E-state index contributed by atoms with van der Waals surface area (Å²) >= 11 is 3.80. The molecule has 1 atom stereocenters. The molecule has 0 saturated carbocycles. The van der Waals surface area contributed by atoms with Crippen LogP contribution in [0.4, 0.5) is 65.9 Å². The number of halogens is 15. The second-order valence-corrected chi connectivity index (χ2v) is 6.96. The van der Waals surface area contributed by atoms with Gasteiger partial charge in [-0.15, -0.1) is 0 Å². The lowest BCUT2D eigenvalue weighted by Crippen LogP contribution is -2.73. The van der Waals surface area contributed by atoms with Gasteiger partial charge in [0.25, 0.3) is 0 Å². The third kappa shape index (κ3) is 4.32. The quantitative estimate of drug-likeness (QED) is 0.284. The maximum Gasteiger partial charge on any atom is 0.460 e. The molecule has 0 heterocycles. The van der Waals surface area contributed by atoms with E-state index in [1.54, 1.807) is 0 Å². The number of thiocarbonyl (C=S) groups is 1. The van der Waals surface area contributed by atoms with E-state index in [1.807, 2.05) is 0 Å². The molecule has 0 aliphatic carbocycles. The molecule has 1 nitrogen and oxygen atoms in total.